The number of thioether (sulfide) groups is 1. The molecule has 1 aliphatic rings. The summed E-state index contributed by atoms with van der Waals surface area (Å²) in [6, 6.07) is 15.0. The molecule has 168 valence electrons. The number of Topliss-reactive ketones (excluding diaryl/α,β-unsaturated/α-hetero) is 1. The molecule has 4 rings (SSSR count). The summed E-state index contributed by atoms with van der Waals surface area (Å²) >= 11 is 1.36. The van der Waals surface area contributed by atoms with Gasteiger partial charge in [-0.25, -0.2) is 4.98 Å². The number of aromatic nitrogens is 2. The van der Waals surface area contributed by atoms with E-state index in [2.05, 4.69) is 4.90 Å². The number of hydrogen-bond donors (Lipinski definition) is 0. The van der Waals surface area contributed by atoms with E-state index in [-0.39, 0.29) is 16.6 Å². The molecule has 7 heteroatoms. The van der Waals surface area contributed by atoms with Gasteiger partial charge in [0.05, 0.1) is 29.4 Å². The molecule has 3 aromatic rings. The van der Waals surface area contributed by atoms with Crippen LogP contribution in [0.3, 0.4) is 0 Å². The highest BCUT2D eigenvalue weighted by Crippen LogP contribution is 2.25. The van der Waals surface area contributed by atoms with E-state index >= 15 is 0 Å². The average Bonchev–Trinajstić information content (AvgIpc) is 2.82. The summed E-state index contributed by atoms with van der Waals surface area (Å²) in [5, 5.41) is 0.862. The Labute approximate surface area is 192 Å². The summed E-state index contributed by atoms with van der Waals surface area (Å²) < 4.78 is 7.16. The van der Waals surface area contributed by atoms with Gasteiger partial charge in [-0.2, -0.15) is 0 Å². The Bertz CT molecular complexity index is 1140. The largest absolute Gasteiger partial charge is 0.379 e. The predicted molar refractivity (Wildman–Crippen MR) is 129 cm³/mol. The summed E-state index contributed by atoms with van der Waals surface area (Å²) in [5.41, 5.74) is 2.42. The topological polar surface area (TPSA) is 64.4 Å². The SMILES string of the molecule is Cc1ccc(C(=O)[C@@H](C)Sc2nc3ccccc3c(=O)n2CCCN2CCOCC2)cc1. The van der Waals surface area contributed by atoms with Crippen molar-refractivity contribution in [3.05, 3.63) is 70.0 Å². The number of rotatable bonds is 8. The molecule has 0 radical (unpaired) electrons. The van der Waals surface area contributed by atoms with Crippen molar-refractivity contribution in [2.24, 2.45) is 0 Å². The zero-order valence-corrected chi connectivity index (χ0v) is 19.4. The van der Waals surface area contributed by atoms with Crippen LogP contribution in [0.2, 0.25) is 0 Å². The van der Waals surface area contributed by atoms with E-state index < -0.39 is 0 Å². The number of fused-ring (bicyclic) bond motifs is 1. The fourth-order valence-electron chi connectivity index (χ4n) is 3.88. The third kappa shape index (κ3) is 5.28. The van der Waals surface area contributed by atoms with Crippen molar-refractivity contribution in [2.75, 3.05) is 32.8 Å². The number of ether oxygens (including phenoxy) is 1. The lowest BCUT2D eigenvalue weighted by Gasteiger charge is -2.26. The van der Waals surface area contributed by atoms with Crippen molar-refractivity contribution in [1.29, 1.82) is 0 Å². The normalized spacial score (nSPS) is 15.7. The highest BCUT2D eigenvalue weighted by atomic mass is 32.2. The molecule has 0 amide bonds. The molecule has 1 aliphatic heterocycles. The van der Waals surface area contributed by atoms with E-state index in [0.29, 0.717) is 28.2 Å². The second-order valence-corrected chi connectivity index (χ2v) is 9.47. The van der Waals surface area contributed by atoms with E-state index in [1.807, 2.05) is 62.4 Å². The third-order valence-corrected chi connectivity index (χ3v) is 6.86. The van der Waals surface area contributed by atoms with Gasteiger partial charge in [-0.05, 0) is 32.4 Å². The van der Waals surface area contributed by atoms with E-state index in [1.165, 1.54) is 11.8 Å². The minimum Gasteiger partial charge on any atom is -0.379 e. The Hall–Kier alpha value is -2.48. The molecule has 2 aromatic carbocycles. The first-order valence-electron chi connectivity index (χ1n) is 11.1. The van der Waals surface area contributed by atoms with Crippen LogP contribution in [0, 0.1) is 6.92 Å². The monoisotopic (exact) mass is 451 g/mol. The molecule has 1 fully saturated rings. The number of hydrogen-bond acceptors (Lipinski definition) is 6. The predicted octanol–water partition coefficient (Wildman–Crippen LogP) is 3.79. The van der Waals surface area contributed by atoms with Crippen LogP contribution in [0.15, 0.2) is 58.5 Å². The first-order chi connectivity index (χ1) is 15.5. The van der Waals surface area contributed by atoms with E-state index in [1.54, 1.807) is 4.57 Å². The molecule has 0 bridgehead atoms. The number of carbonyl (C=O) groups excluding carboxylic acids is 1. The average molecular weight is 452 g/mol. The number of benzene rings is 2. The first kappa shape index (κ1) is 22.7. The van der Waals surface area contributed by atoms with Crippen LogP contribution in [0.25, 0.3) is 10.9 Å². The highest BCUT2D eigenvalue weighted by Gasteiger charge is 2.21. The van der Waals surface area contributed by atoms with Gasteiger partial charge in [0.2, 0.25) is 0 Å². The lowest BCUT2D eigenvalue weighted by Crippen LogP contribution is -2.37. The van der Waals surface area contributed by atoms with Crippen molar-refractivity contribution >= 4 is 28.4 Å². The molecule has 0 N–H and O–H groups in total. The lowest BCUT2D eigenvalue weighted by atomic mass is 10.1. The molecular weight excluding hydrogens is 422 g/mol. The number of aryl methyl sites for hydroxylation is 1. The molecule has 1 atom stereocenters. The van der Waals surface area contributed by atoms with Gasteiger partial charge < -0.3 is 4.74 Å². The minimum atomic E-state index is -0.351. The van der Waals surface area contributed by atoms with Crippen LogP contribution < -0.4 is 5.56 Å². The van der Waals surface area contributed by atoms with Gasteiger partial charge in [0, 0.05) is 31.7 Å². The highest BCUT2D eigenvalue weighted by molar-refractivity contribution is 8.00. The van der Waals surface area contributed by atoms with Crippen LogP contribution in [0.5, 0.6) is 0 Å². The van der Waals surface area contributed by atoms with Crippen LogP contribution in [-0.4, -0.2) is 58.3 Å². The third-order valence-electron chi connectivity index (χ3n) is 5.77. The van der Waals surface area contributed by atoms with Crippen molar-refractivity contribution < 1.29 is 9.53 Å². The molecule has 0 unspecified atom stereocenters. The van der Waals surface area contributed by atoms with Gasteiger partial charge in [0.15, 0.2) is 10.9 Å². The zero-order chi connectivity index (χ0) is 22.5. The summed E-state index contributed by atoms with van der Waals surface area (Å²) in [6.07, 6.45) is 0.841. The molecular formula is C25H29N3O3S. The smallest absolute Gasteiger partial charge is 0.262 e. The van der Waals surface area contributed by atoms with Crippen molar-refractivity contribution in [2.45, 2.75) is 37.2 Å². The fraction of sp³-hybridized carbons (Fsp3) is 0.400. The molecule has 32 heavy (non-hydrogen) atoms. The molecule has 0 saturated carbocycles. The van der Waals surface area contributed by atoms with Crippen molar-refractivity contribution in [1.82, 2.24) is 14.5 Å². The van der Waals surface area contributed by atoms with Gasteiger partial charge in [-0.1, -0.05) is 53.7 Å². The van der Waals surface area contributed by atoms with E-state index in [9.17, 15) is 9.59 Å². The maximum atomic E-state index is 13.3. The van der Waals surface area contributed by atoms with Gasteiger partial charge in [0.1, 0.15) is 0 Å². The summed E-state index contributed by atoms with van der Waals surface area (Å²) in [6.45, 7) is 8.73. The number of carbonyl (C=O) groups is 1. The number of para-hydroxylation sites is 1. The number of morpholine rings is 1. The van der Waals surface area contributed by atoms with Gasteiger partial charge in [0.25, 0.3) is 5.56 Å². The van der Waals surface area contributed by atoms with Crippen molar-refractivity contribution in [3.63, 3.8) is 0 Å². The molecule has 0 spiro atoms. The number of ketones is 1. The van der Waals surface area contributed by atoms with Crippen LogP contribution >= 0.6 is 11.8 Å². The van der Waals surface area contributed by atoms with Gasteiger partial charge in [-0.15, -0.1) is 0 Å². The van der Waals surface area contributed by atoms with Crippen LogP contribution in [-0.2, 0) is 11.3 Å². The Morgan fingerprint density at radius 1 is 1.09 bits per heavy atom. The molecule has 1 aromatic heterocycles. The number of nitrogens with zero attached hydrogens (tertiary/aromatic N) is 3. The Morgan fingerprint density at radius 2 is 1.81 bits per heavy atom. The Balaban J connectivity index is 1.56. The van der Waals surface area contributed by atoms with Gasteiger partial charge >= 0.3 is 0 Å². The van der Waals surface area contributed by atoms with E-state index in [0.717, 1.165) is 44.8 Å². The van der Waals surface area contributed by atoms with E-state index in [4.69, 9.17) is 9.72 Å². The fourth-order valence-corrected chi connectivity index (χ4v) is 4.89. The maximum Gasteiger partial charge on any atom is 0.262 e. The molecule has 0 aliphatic carbocycles. The van der Waals surface area contributed by atoms with Crippen molar-refractivity contribution in [3.8, 4) is 0 Å². The Morgan fingerprint density at radius 3 is 2.56 bits per heavy atom. The first-order valence-corrected chi connectivity index (χ1v) is 12.0. The van der Waals surface area contributed by atoms with Crippen LogP contribution in [0.4, 0.5) is 0 Å². The second-order valence-electron chi connectivity index (χ2n) is 8.17. The quantitative estimate of drug-likeness (QED) is 0.295. The summed E-state index contributed by atoms with van der Waals surface area (Å²) in [7, 11) is 0. The minimum absolute atomic E-state index is 0.0391. The standard InChI is InChI=1S/C25H29N3O3S/c1-18-8-10-20(11-9-18)23(29)19(2)32-25-26-22-7-4-3-6-21(22)24(30)28(25)13-5-12-27-14-16-31-17-15-27/h3-4,6-11,19H,5,12-17H2,1-2H3/t19-/m1/s1. The molecule has 1 saturated heterocycles. The molecule has 2 heterocycles. The Kier molecular flexibility index (Phi) is 7.40. The maximum absolute atomic E-state index is 13.3. The second kappa shape index (κ2) is 10.4. The zero-order valence-electron chi connectivity index (χ0n) is 18.6. The summed E-state index contributed by atoms with van der Waals surface area (Å²) in [4.78, 5) is 33.4. The summed E-state index contributed by atoms with van der Waals surface area (Å²) in [5.74, 6) is 0.0391. The molecule has 6 nitrogen and oxygen atoms in total. The van der Waals surface area contributed by atoms with Gasteiger partial charge in [-0.3, -0.25) is 19.1 Å². The van der Waals surface area contributed by atoms with Crippen LogP contribution in [0.1, 0.15) is 29.3 Å². The lowest BCUT2D eigenvalue weighted by molar-refractivity contribution is 0.0368.